The van der Waals surface area contributed by atoms with E-state index in [-0.39, 0.29) is 5.91 Å². The molecule has 0 aliphatic heterocycles. The number of carbonyl (C=O) groups excluding carboxylic acids is 1. The predicted octanol–water partition coefficient (Wildman–Crippen LogP) is 2.69. The first-order valence-electron chi connectivity index (χ1n) is 7.18. The number of anilines is 1. The van der Waals surface area contributed by atoms with Crippen LogP contribution in [0.25, 0.3) is 5.69 Å². The first-order valence-corrected chi connectivity index (χ1v) is 7.98. The molecule has 0 aliphatic carbocycles. The van der Waals surface area contributed by atoms with Crippen LogP contribution < -0.4 is 14.8 Å². The van der Waals surface area contributed by atoms with Gasteiger partial charge in [-0.25, -0.2) is 0 Å². The topological polar surface area (TPSA) is 91.2 Å². The first kappa shape index (κ1) is 16.9. The summed E-state index contributed by atoms with van der Waals surface area (Å²) in [5.74, 6) is 0.789. The molecule has 1 heterocycles. The fourth-order valence-corrected chi connectivity index (χ4v) is 2.62. The number of methoxy groups -OCH3 is 2. The molecule has 0 aliphatic rings. The van der Waals surface area contributed by atoms with Gasteiger partial charge in [0.15, 0.2) is 0 Å². The number of carbonyl (C=O) groups is 1. The van der Waals surface area contributed by atoms with Crippen LogP contribution in [0, 0.1) is 0 Å². The van der Waals surface area contributed by atoms with Gasteiger partial charge in [0, 0.05) is 10.5 Å². The number of hydrogen-bond donors (Lipinski definition) is 1. The Kier molecular flexibility index (Phi) is 4.94. The van der Waals surface area contributed by atoms with Crippen LogP contribution in [0.5, 0.6) is 11.5 Å². The molecule has 1 amide bonds. The zero-order chi connectivity index (χ0) is 17.8. The Hall–Kier alpha value is -2.94. The van der Waals surface area contributed by atoms with Gasteiger partial charge in [-0.3, -0.25) is 4.79 Å². The van der Waals surface area contributed by atoms with Crippen molar-refractivity contribution < 1.29 is 14.3 Å². The molecule has 0 radical (unpaired) electrons. The monoisotopic (exact) mass is 403 g/mol. The summed E-state index contributed by atoms with van der Waals surface area (Å²) in [7, 11) is 3.08. The fourth-order valence-electron chi connectivity index (χ4n) is 2.26. The molecule has 0 atom stereocenters. The largest absolute Gasteiger partial charge is 0.497 e. The third-order valence-electron chi connectivity index (χ3n) is 3.45. The molecule has 0 saturated carbocycles. The van der Waals surface area contributed by atoms with Crippen molar-refractivity contribution in [1.29, 1.82) is 0 Å². The SMILES string of the molecule is COc1ccc(OC)c(NC(=O)c2cc(Br)ccc2-n2cnnn2)c1. The van der Waals surface area contributed by atoms with Crippen molar-refractivity contribution in [2.75, 3.05) is 19.5 Å². The number of amides is 1. The molecular formula is C16H14BrN5O3. The van der Waals surface area contributed by atoms with E-state index in [1.54, 1.807) is 43.5 Å². The maximum Gasteiger partial charge on any atom is 0.258 e. The third kappa shape index (κ3) is 3.61. The van der Waals surface area contributed by atoms with E-state index >= 15 is 0 Å². The zero-order valence-electron chi connectivity index (χ0n) is 13.4. The van der Waals surface area contributed by atoms with Crippen molar-refractivity contribution in [2.24, 2.45) is 0 Å². The van der Waals surface area contributed by atoms with Crippen LogP contribution >= 0.6 is 15.9 Å². The summed E-state index contributed by atoms with van der Waals surface area (Å²) in [6.07, 6.45) is 1.42. The molecule has 8 nitrogen and oxygen atoms in total. The maximum atomic E-state index is 12.8. The second-order valence-electron chi connectivity index (χ2n) is 4.94. The normalized spacial score (nSPS) is 10.4. The van der Waals surface area contributed by atoms with Crippen molar-refractivity contribution >= 4 is 27.5 Å². The van der Waals surface area contributed by atoms with Gasteiger partial charge in [0.25, 0.3) is 5.91 Å². The number of benzene rings is 2. The Labute approximate surface area is 151 Å². The Morgan fingerprint density at radius 1 is 1.16 bits per heavy atom. The summed E-state index contributed by atoms with van der Waals surface area (Å²) in [6.45, 7) is 0. The molecule has 128 valence electrons. The molecule has 0 bridgehead atoms. The third-order valence-corrected chi connectivity index (χ3v) is 3.95. The molecule has 0 saturated heterocycles. The van der Waals surface area contributed by atoms with Gasteiger partial charge in [0.1, 0.15) is 17.8 Å². The van der Waals surface area contributed by atoms with Crippen LogP contribution in [-0.4, -0.2) is 40.3 Å². The van der Waals surface area contributed by atoms with Gasteiger partial charge in [-0.15, -0.1) is 5.10 Å². The lowest BCUT2D eigenvalue weighted by Gasteiger charge is -2.13. The Balaban J connectivity index is 1.98. The van der Waals surface area contributed by atoms with E-state index in [0.29, 0.717) is 28.4 Å². The molecular weight excluding hydrogens is 390 g/mol. The molecule has 0 fully saturated rings. The molecule has 3 aromatic rings. The van der Waals surface area contributed by atoms with Crippen LogP contribution in [0.15, 0.2) is 47.2 Å². The highest BCUT2D eigenvalue weighted by Gasteiger charge is 2.17. The first-order chi connectivity index (χ1) is 12.1. The van der Waals surface area contributed by atoms with Crippen molar-refractivity contribution in [3.8, 4) is 17.2 Å². The predicted molar refractivity (Wildman–Crippen MR) is 94.4 cm³/mol. The molecule has 3 rings (SSSR count). The summed E-state index contributed by atoms with van der Waals surface area (Å²) in [5.41, 5.74) is 1.44. The van der Waals surface area contributed by atoms with Crippen molar-refractivity contribution in [1.82, 2.24) is 20.2 Å². The van der Waals surface area contributed by atoms with Gasteiger partial charge in [0.2, 0.25) is 0 Å². The minimum atomic E-state index is -0.335. The van der Waals surface area contributed by atoms with Crippen molar-refractivity contribution in [3.63, 3.8) is 0 Å². The number of hydrogen-bond acceptors (Lipinski definition) is 6. The Morgan fingerprint density at radius 2 is 2.00 bits per heavy atom. The molecule has 0 spiro atoms. The Bertz CT molecular complexity index is 899. The average molecular weight is 404 g/mol. The molecule has 2 aromatic carbocycles. The van der Waals surface area contributed by atoms with Gasteiger partial charge in [-0.05, 0) is 40.8 Å². The number of rotatable bonds is 5. The lowest BCUT2D eigenvalue weighted by Crippen LogP contribution is -2.16. The Morgan fingerprint density at radius 3 is 2.68 bits per heavy atom. The summed E-state index contributed by atoms with van der Waals surface area (Å²) < 4.78 is 12.7. The maximum absolute atomic E-state index is 12.8. The van der Waals surface area contributed by atoms with Crippen LogP contribution in [0.3, 0.4) is 0 Å². The lowest BCUT2D eigenvalue weighted by atomic mass is 10.1. The quantitative estimate of drug-likeness (QED) is 0.703. The second-order valence-corrected chi connectivity index (χ2v) is 5.85. The molecule has 9 heteroatoms. The van der Waals surface area contributed by atoms with E-state index in [1.807, 2.05) is 0 Å². The highest BCUT2D eigenvalue weighted by Crippen LogP contribution is 2.30. The fraction of sp³-hybridized carbons (Fsp3) is 0.125. The number of tetrazole rings is 1. The number of ether oxygens (including phenoxy) is 2. The molecule has 1 N–H and O–H groups in total. The van der Waals surface area contributed by atoms with Crippen molar-refractivity contribution in [3.05, 3.63) is 52.8 Å². The number of aromatic nitrogens is 4. The molecule has 1 aromatic heterocycles. The average Bonchev–Trinajstić information content (AvgIpc) is 3.16. The van der Waals surface area contributed by atoms with Gasteiger partial charge < -0.3 is 14.8 Å². The smallest absolute Gasteiger partial charge is 0.258 e. The molecule has 0 unspecified atom stereocenters. The lowest BCUT2D eigenvalue weighted by molar-refractivity contribution is 0.102. The number of nitrogens with one attached hydrogen (secondary N) is 1. The number of halogens is 1. The van der Waals surface area contributed by atoms with E-state index in [0.717, 1.165) is 4.47 Å². The minimum absolute atomic E-state index is 0.335. The van der Waals surface area contributed by atoms with E-state index in [1.165, 1.54) is 18.1 Å². The summed E-state index contributed by atoms with van der Waals surface area (Å²) in [6, 6.07) is 10.4. The van der Waals surface area contributed by atoms with Gasteiger partial charge in [-0.2, -0.15) is 4.68 Å². The summed E-state index contributed by atoms with van der Waals surface area (Å²) in [4.78, 5) is 12.8. The van der Waals surface area contributed by atoms with Gasteiger partial charge >= 0.3 is 0 Å². The standard InChI is InChI=1S/C16H14BrN5O3/c1-24-11-4-6-15(25-2)13(8-11)19-16(23)12-7-10(17)3-5-14(12)22-9-18-20-21-22/h3-9H,1-2H3,(H,19,23). The van der Waals surface area contributed by atoms with Crippen LogP contribution in [0.4, 0.5) is 5.69 Å². The van der Waals surface area contributed by atoms with E-state index in [4.69, 9.17) is 9.47 Å². The highest BCUT2D eigenvalue weighted by molar-refractivity contribution is 9.10. The summed E-state index contributed by atoms with van der Waals surface area (Å²) >= 11 is 3.38. The van der Waals surface area contributed by atoms with Crippen LogP contribution in [0.2, 0.25) is 0 Å². The van der Waals surface area contributed by atoms with E-state index < -0.39 is 0 Å². The molecule has 25 heavy (non-hydrogen) atoms. The van der Waals surface area contributed by atoms with Crippen LogP contribution in [-0.2, 0) is 0 Å². The second kappa shape index (κ2) is 7.31. The highest BCUT2D eigenvalue weighted by atomic mass is 79.9. The van der Waals surface area contributed by atoms with E-state index in [2.05, 4.69) is 36.8 Å². The van der Waals surface area contributed by atoms with Crippen LogP contribution in [0.1, 0.15) is 10.4 Å². The van der Waals surface area contributed by atoms with Gasteiger partial charge in [0.05, 0.1) is 31.2 Å². The van der Waals surface area contributed by atoms with E-state index in [9.17, 15) is 4.79 Å². The zero-order valence-corrected chi connectivity index (χ0v) is 15.0. The summed E-state index contributed by atoms with van der Waals surface area (Å²) in [5, 5.41) is 13.9. The number of nitrogens with zero attached hydrogens (tertiary/aromatic N) is 4. The minimum Gasteiger partial charge on any atom is -0.497 e. The van der Waals surface area contributed by atoms with Crippen molar-refractivity contribution in [2.45, 2.75) is 0 Å². The van der Waals surface area contributed by atoms with Gasteiger partial charge in [-0.1, -0.05) is 15.9 Å².